The molecule has 2 heterocycles. The van der Waals surface area contributed by atoms with Crippen LogP contribution >= 0.6 is 12.2 Å². The van der Waals surface area contributed by atoms with Crippen molar-refractivity contribution in [2.24, 2.45) is 0 Å². The lowest BCUT2D eigenvalue weighted by molar-refractivity contribution is -0.128. The number of thiocarbonyl (C=S) groups is 1. The molecule has 1 N–H and O–H groups in total. The fourth-order valence-electron chi connectivity index (χ4n) is 3.16. The van der Waals surface area contributed by atoms with Crippen molar-refractivity contribution < 1.29 is 9.59 Å². The third kappa shape index (κ3) is 3.38. The lowest BCUT2D eigenvalue weighted by atomic mass is 10.1. The molecular weight excluding hydrogens is 372 g/mol. The molecule has 140 valence electrons. The van der Waals surface area contributed by atoms with Crippen molar-refractivity contribution in [2.45, 2.75) is 13.8 Å². The smallest absolute Gasteiger partial charge is 0.265 e. The van der Waals surface area contributed by atoms with Crippen LogP contribution in [-0.2, 0) is 9.59 Å². The lowest BCUT2D eigenvalue weighted by Crippen LogP contribution is -2.53. The molecule has 1 aliphatic heterocycles. The molecule has 1 fully saturated rings. The number of nitrogens with one attached hydrogen (secondary N) is 1. The van der Waals surface area contributed by atoms with E-state index >= 15 is 0 Å². The molecule has 0 saturated carbocycles. The summed E-state index contributed by atoms with van der Waals surface area (Å²) in [5.41, 5.74) is 4.07. The van der Waals surface area contributed by atoms with Crippen LogP contribution in [0.15, 0.2) is 48.6 Å². The van der Waals surface area contributed by atoms with Crippen LogP contribution in [0.4, 0.5) is 0 Å². The molecule has 2 aromatic rings. The van der Waals surface area contributed by atoms with Gasteiger partial charge < -0.3 is 4.57 Å². The predicted molar refractivity (Wildman–Crippen MR) is 111 cm³/mol. The minimum atomic E-state index is -0.515. The number of rotatable bonds is 4. The van der Waals surface area contributed by atoms with Gasteiger partial charge in [-0.3, -0.25) is 19.8 Å². The first-order chi connectivity index (χ1) is 13.4. The maximum Gasteiger partial charge on any atom is 0.265 e. The van der Waals surface area contributed by atoms with Crippen molar-refractivity contribution in [3.63, 3.8) is 0 Å². The Morgan fingerprint density at radius 2 is 1.93 bits per heavy atom. The number of nitriles is 1. The Labute approximate surface area is 168 Å². The molecule has 1 aromatic heterocycles. The molecule has 7 heteroatoms. The maximum absolute atomic E-state index is 12.7. The molecule has 6 nitrogen and oxygen atoms in total. The number of hydrogen-bond acceptors (Lipinski definition) is 4. The first-order valence-corrected chi connectivity index (χ1v) is 8.97. The monoisotopic (exact) mass is 390 g/mol. The Kier molecular flexibility index (Phi) is 5.25. The molecule has 1 aliphatic rings. The summed E-state index contributed by atoms with van der Waals surface area (Å²) >= 11 is 5.07. The minimum Gasteiger partial charge on any atom is -0.318 e. The van der Waals surface area contributed by atoms with Crippen molar-refractivity contribution in [2.75, 3.05) is 6.54 Å². The molecule has 0 bridgehead atoms. The average Bonchev–Trinajstić information content (AvgIpc) is 2.95. The summed E-state index contributed by atoms with van der Waals surface area (Å²) in [4.78, 5) is 26.3. The Morgan fingerprint density at radius 1 is 1.25 bits per heavy atom. The van der Waals surface area contributed by atoms with Crippen molar-refractivity contribution in [1.29, 1.82) is 5.26 Å². The molecule has 1 saturated heterocycles. The van der Waals surface area contributed by atoms with E-state index in [1.54, 1.807) is 24.3 Å². The number of aromatic nitrogens is 1. The normalized spacial score (nSPS) is 15.5. The van der Waals surface area contributed by atoms with E-state index in [0.717, 1.165) is 22.6 Å². The Morgan fingerprint density at radius 3 is 2.54 bits per heavy atom. The van der Waals surface area contributed by atoms with Gasteiger partial charge in [0.25, 0.3) is 11.8 Å². The van der Waals surface area contributed by atoms with Gasteiger partial charge in [0.15, 0.2) is 5.11 Å². The third-order valence-electron chi connectivity index (χ3n) is 4.52. The van der Waals surface area contributed by atoms with Gasteiger partial charge in [-0.25, -0.2) is 0 Å². The van der Waals surface area contributed by atoms with Crippen LogP contribution in [0.3, 0.4) is 0 Å². The topological polar surface area (TPSA) is 78.1 Å². The first kappa shape index (κ1) is 19.3. The van der Waals surface area contributed by atoms with E-state index in [0.29, 0.717) is 5.56 Å². The van der Waals surface area contributed by atoms with E-state index < -0.39 is 11.8 Å². The summed E-state index contributed by atoms with van der Waals surface area (Å²) in [7, 11) is 0. The molecule has 2 amide bonds. The summed E-state index contributed by atoms with van der Waals surface area (Å²) in [5, 5.41) is 11.6. The predicted octanol–water partition coefficient (Wildman–Crippen LogP) is 2.78. The largest absolute Gasteiger partial charge is 0.318 e. The van der Waals surface area contributed by atoms with Gasteiger partial charge in [-0.15, -0.1) is 6.58 Å². The van der Waals surface area contributed by atoms with E-state index in [2.05, 4.69) is 18.0 Å². The van der Waals surface area contributed by atoms with Crippen molar-refractivity contribution >= 4 is 35.2 Å². The van der Waals surface area contributed by atoms with E-state index in [1.807, 2.05) is 36.6 Å². The highest BCUT2D eigenvalue weighted by Crippen LogP contribution is 2.24. The third-order valence-corrected chi connectivity index (χ3v) is 4.84. The molecular formula is C21H18N4O2S. The number of nitrogens with zero attached hydrogens (tertiary/aromatic N) is 3. The van der Waals surface area contributed by atoms with Crippen LogP contribution in [0.2, 0.25) is 0 Å². The number of carbonyl (C=O) groups is 2. The van der Waals surface area contributed by atoms with Gasteiger partial charge >= 0.3 is 0 Å². The van der Waals surface area contributed by atoms with Gasteiger partial charge in [0.2, 0.25) is 0 Å². The van der Waals surface area contributed by atoms with Gasteiger partial charge in [0, 0.05) is 23.6 Å². The van der Waals surface area contributed by atoms with Crippen molar-refractivity contribution in [3.05, 3.63) is 71.1 Å². The summed E-state index contributed by atoms with van der Waals surface area (Å²) in [5.74, 6) is -0.963. The summed E-state index contributed by atoms with van der Waals surface area (Å²) in [6.45, 7) is 7.69. The molecule has 0 aliphatic carbocycles. The van der Waals surface area contributed by atoms with Gasteiger partial charge in [0.05, 0.1) is 11.6 Å². The molecule has 1 aromatic carbocycles. The van der Waals surface area contributed by atoms with Crippen LogP contribution in [0, 0.1) is 25.2 Å². The quantitative estimate of drug-likeness (QED) is 0.377. The van der Waals surface area contributed by atoms with E-state index in [-0.39, 0.29) is 17.2 Å². The van der Waals surface area contributed by atoms with Crippen LogP contribution in [0.5, 0.6) is 0 Å². The van der Waals surface area contributed by atoms with Gasteiger partial charge in [-0.2, -0.15) is 5.26 Å². The zero-order chi connectivity index (χ0) is 20.4. The highest BCUT2D eigenvalue weighted by molar-refractivity contribution is 7.80. The minimum absolute atomic E-state index is 0.0236. The second-order valence-electron chi connectivity index (χ2n) is 6.34. The van der Waals surface area contributed by atoms with Crippen molar-refractivity contribution in [3.8, 4) is 11.8 Å². The Balaban J connectivity index is 2.03. The molecule has 0 radical (unpaired) electrons. The zero-order valence-electron chi connectivity index (χ0n) is 15.5. The van der Waals surface area contributed by atoms with Gasteiger partial charge in [-0.1, -0.05) is 6.08 Å². The van der Waals surface area contributed by atoms with E-state index in [4.69, 9.17) is 17.5 Å². The fourth-order valence-corrected chi connectivity index (χ4v) is 3.41. The van der Waals surface area contributed by atoms with Crippen molar-refractivity contribution in [1.82, 2.24) is 14.8 Å². The molecule has 0 atom stereocenters. The summed E-state index contributed by atoms with van der Waals surface area (Å²) < 4.78 is 2.00. The van der Waals surface area contributed by atoms with Crippen LogP contribution in [0.1, 0.15) is 22.5 Å². The van der Waals surface area contributed by atoms with Gasteiger partial charge in [-0.05, 0) is 68.0 Å². The highest BCUT2D eigenvalue weighted by Gasteiger charge is 2.32. The number of aryl methyl sites for hydroxylation is 1. The van der Waals surface area contributed by atoms with Crippen LogP contribution in [0.25, 0.3) is 11.8 Å². The Hall–Kier alpha value is -3.50. The fraction of sp³-hybridized carbons (Fsp3) is 0.143. The number of amides is 2. The summed E-state index contributed by atoms with van der Waals surface area (Å²) in [6.07, 6.45) is 3.13. The van der Waals surface area contributed by atoms with E-state index in [9.17, 15) is 9.59 Å². The van der Waals surface area contributed by atoms with Crippen LogP contribution in [-0.4, -0.2) is 32.9 Å². The molecule has 0 spiro atoms. The molecule has 28 heavy (non-hydrogen) atoms. The zero-order valence-corrected chi connectivity index (χ0v) is 16.3. The number of benzene rings is 1. The second kappa shape index (κ2) is 7.62. The van der Waals surface area contributed by atoms with E-state index in [1.165, 1.54) is 4.90 Å². The number of hydrogen-bond donors (Lipinski definition) is 1. The SMILES string of the molecule is C=CCN1C(=O)/C(=C/c2cc(C)n(-c3ccc(C#N)cc3)c2C)C(=O)NC1=S. The number of carbonyl (C=O) groups excluding carboxylic acids is 2. The first-order valence-electron chi connectivity index (χ1n) is 8.56. The van der Waals surface area contributed by atoms with Gasteiger partial charge in [0.1, 0.15) is 5.57 Å². The maximum atomic E-state index is 12.7. The average molecular weight is 390 g/mol. The lowest BCUT2D eigenvalue weighted by Gasteiger charge is -2.27. The second-order valence-corrected chi connectivity index (χ2v) is 6.73. The Bertz CT molecular complexity index is 1070. The standard InChI is InChI=1S/C21H18N4O2S/c1-4-9-24-20(27)18(19(26)23-21(24)28)11-16-10-13(2)25(14(16)3)17-7-5-15(12-22)6-8-17/h4-8,10-11H,1,9H2,2-3H3,(H,23,26,28)/b18-11+. The molecule has 3 rings (SSSR count). The molecule has 0 unspecified atom stereocenters. The van der Waals surface area contributed by atoms with Crippen LogP contribution < -0.4 is 5.32 Å². The summed E-state index contributed by atoms with van der Waals surface area (Å²) in [6, 6.07) is 11.2. The highest BCUT2D eigenvalue weighted by atomic mass is 32.1.